The Hall–Kier alpha value is -0.630. The molecule has 0 aliphatic rings. The van der Waals surface area contributed by atoms with Gasteiger partial charge in [0.2, 0.25) is 0 Å². The smallest absolute Gasteiger partial charge is 0.161 e. The van der Waals surface area contributed by atoms with E-state index >= 15 is 0 Å². The van der Waals surface area contributed by atoms with E-state index in [4.69, 9.17) is 4.74 Å². The van der Waals surface area contributed by atoms with Crippen LogP contribution in [0.5, 0.6) is 5.75 Å². The summed E-state index contributed by atoms with van der Waals surface area (Å²) in [5.41, 5.74) is 1.14. The van der Waals surface area contributed by atoms with Crippen molar-refractivity contribution in [2.75, 3.05) is 7.11 Å². The van der Waals surface area contributed by atoms with Gasteiger partial charge in [0.15, 0.2) is 8.30 Å². The van der Waals surface area contributed by atoms with Gasteiger partial charge in [0, 0.05) is 0 Å². The molecule has 1 aromatic heterocycles. The van der Waals surface area contributed by atoms with Crippen LogP contribution in [-0.4, -0.2) is 22.1 Å². The Labute approximate surface area is 115 Å². The molecule has 0 spiro atoms. The predicted molar refractivity (Wildman–Crippen MR) is 72.5 cm³/mol. The van der Waals surface area contributed by atoms with E-state index < -0.39 is 0 Å². The number of hydrogen-bond acceptors (Lipinski definition) is 3. The van der Waals surface area contributed by atoms with Gasteiger partial charge in [-0.05, 0) is 56.2 Å². The van der Waals surface area contributed by atoms with E-state index in [0.717, 1.165) is 19.6 Å². The third kappa shape index (κ3) is 2.73. The van der Waals surface area contributed by atoms with Gasteiger partial charge in [-0.25, -0.2) is 0 Å². The second-order valence-corrected chi connectivity index (χ2v) is 4.93. The highest BCUT2D eigenvalue weighted by molar-refractivity contribution is 14.1. The van der Waals surface area contributed by atoms with Gasteiger partial charge < -0.3 is 4.74 Å². The maximum atomic E-state index is 5.10. The van der Waals surface area contributed by atoms with Gasteiger partial charge in [0.25, 0.3) is 0 Å². The van der Waals surface area contributed by atoms with E-state index in [2.05, 4.69) is 48.7 Å². The molecule has 6 heteroatoms. The van der Waals surface area contributed by atoms with Crippen LogP contribution in [0.2, 0.25) is 0 Å². The summed E-state index contributed by atoms with van der Waals surface area (Å²) >= 11 is 5.47. The van der Waals surface area contributed by atoms with Crippen molar-refractivity contribution in [1.82, 2.24) is 15.0 Å². The van der Waals surface area contributed by atoms with Crippen LogP contribution in [0.1, 0.15) is 5.56 Å². The lowest BCUT2D eigenvalue weighted by molar-refractivity contribution is 0.414. The molecular formula is C10H9BrIN3O. The first-order valence-corrected chi connectivity index (χ1v) is 6.45. The van der Waals surface area contributed by atoms with Crippen molar-refractivity contribution in [3.63, 3.8) is 0 Å². The number of aromatic nitrogens is 3. The first kappa shape index (κ1) is 11.8. The SMILES string of the molecule is COc1ccc(Cn2nc(Br)c(I)n2)cc1. The minimum Gasteiger partial charge on any atom is -0.497 e. The third-order valence-corrected chi connectivity index (χ3v) is 4.06. The summed E-state index contributed by atoms with van der Waals surface area (Å²) in [6.07, 6.45) is 0. The molecular weight excluding hydrogens is 385 g/mol. The topological polar surface area (TPSA) is 39.9 Å². The lowest BCUT2D eigenvalue weighted by Crippen LogP contribution is -2.03. The Kier molecular flexibility index (Phi) is 3.80. The van der Waals surface area contributed by atoms with Crippen molar-refractivity contribution in [2.45, 2.75) is 6.54 Å². The van der Waals surface area contributed by atoms with Gasteiger partial charge in [-0.15, -0.1) is 10.2 Å². The standard InChI is InChI=1S/C10H9BrIN3O/c1-16-8-4-2-7(3-5-8)6-15-13-9(11)10(12)14-15/h2-5H,6H2,1H3. The number of halogens is 2. The maximum Gasteiger partial charge on any atom is 0.161 e. The van der Waals surface area contributed by atoms with Crippen LogP contribution in [0.15, 0.2) is 28.9 Å². The van der Waals surface area contributed by atoms with Crippen LogP contribution < -0.4 is 4.74 Å². The molecule has 0 unspecified atom stereocenters. The summed E-state index contributed by atoms with van der Waals surface area (Å²) in [6.45, 7) is 0.658. The summed E-state index contributed by atoms with van der Waals surface area (Å²) in [4.78, 5) is 1.66. The van der Waals surface area contributed by atoms with E-state index in [0.29, 0.717) is 6.54 Å². The molecule has 2 aromatic rings. The highest BCUT2D eigenvalue weighted by Crippen LogP contribution is 2.15. The molecule has 1 heterocycles. The third-order valence-electron chi connectivity index (χ3n) is 2.06. The van der Waals surface area contributed by atoms with Crippen LogP contribution in [0.3, 0.4) is 0 Å². The Balaban J connectivity index is 2.14. The van der Waals surface area contributed by atoms with Crippen LogP contribution in [-0.2, 0) is 6.54 Å². The summed E-state index contributed by atoms with van der Waals surface area (Å²) in [5, 5.41) is 8.49. The van der Waals surface area contributed by atoms with Crippen molar-refractivity contribution < 1.29 is 4.74 Å². The Morgan fingerprint density at radius 2 is 2.00 bits per heavy atom. The predicted octanol–water partition coefficient (Wildman–Crippen LogP) is 2.70. The zero-order valence-electron chi connectivity index (χ0n) is 8.52. The fourth-order valence-electron chi connectivity index (χ4n) is 1.27. The molecule has 16 heavy (non-hydrogen) atoms. The number of nitrogens with zero attached hydrogens (tertiary/aromatic N) is 3. The maximum absolute atomic E-state index is 5.10. The molecule has 2 rings (SSSR count). The molecule has 0 aliphatic heterocycles. The second-order valence-electron chi connectivity index (χ2n) is 3.16. The van der Waals surface area contributed by atoms with Crippen molar-refractivity contribution in [2.24, 2.45) is 0 Å². The lowest BCUT2D eigenvalue weighted by atomic mass is 10.2. The van der Waals surface area contributed by atoms with Crippen LogP contribution in [0, 0.1) is 3.70 Å². The second kappa shape index (κ2) is 5.13. The number of methoxy groups -OCH3 is 1. The molecule has 0 aliphatic carbocycles. The highest BCUT2D eigenvalue weighted by Gasteiger charge is 2.05. The van der Waals surface area contributed by atoms with Gasteiger partial charge in [-0.3, -0.25) is 0 Å². The van der Waals surface area contributed by atoms with Crippen molar-refractivity contribution in [3.05, 3.63) is 38.1 Å². The van der Waals surface area contributed by atoms with Gasteiger partial charge >= 0.3 is 0 Å². The van der Waals surface area contributed by atoms with Gasteiger partial charge in [-0.1, -0.05) is 12.1 Å². The quantitative estimate of drug-likeness (QED) is 0.752. The largest absolute Gasteiger partial charge is 0.497 e. The van der Waals surface area contributed by atoms with Crippen LogP contribution in [0.25, 0.3) is 0 Å². The Morgan fingerprint density at radius 3 is 2.50 bits per heavy atom. The number of hydrogen-bond donors (Lipinski definition) is 0. The highest BCUT2D eigenvalue weighted by atomic mass is 127. The zero-order chi connectivity index (χ0) is 11.5. The Morgan fingerprint density at radius 1 is 1.31 bits per heavy atom. The molecule has 0 saturated carbocycles. The van der Waals surface area contributed by atoms with E-state index in [1.165, 1.54) is 0 Å². The zero-order valence-corrected chi connectivity index (χ0v) is 12.3. The lowest BCUT2D eigenvalue weighted by Gasteiger charge is -2.02. The monoisotopic (exact) mass is 393 g/mol. The molecule has 0 amide bonds. The molecule has 4 nitrogen and oxygen atoms in total. The number of benzene rings is 1. The first-order valence-electron chi connectivity index (χ1n) is 4.58. The number of ether oxygens (including phenoxy) is 1. The minimum absolute atomic E-state index is 0.658. The van der Waals surface area contributed by atoms with Crippen molar-refractivity contribution in [3.8, 4) is 5.75 Å². The molecule has 0 atom stereocenters. The van der Waals surface area contributed by atoms with E-state index in [-0.39, 0.29) is 0 Å². The first-order chi connectivity index (χ1) is 7.69. The fraction of sp³-hybridized carbons (Fsp3) is 0.200. The molecule has 84 valence electrons. The molecule has 0 N–H and O–H groups in total. The summed E-state index contributed by atoms with van der Waals surface area (Å²) < 4.78 is 6.74. The molecule has 0 bridgehead atoms. The summed E-state index contributed by atoms with van der Waals surface area (Å²) in [7, 11) is 1.66. The van der Waals surface area contributed by atoms with Crippen molar-refractivity contribution in [1.29, 1.82) is 0 Å². The average molecular weight is 394 g/mol. The van der Waals surface area contributed by atoms with Crippen LogP contribution in [0.4, 0.5) is 0 Å². The summed E-state index contributed by atoms with van der Waals surface area (Å²) in [5.74, 6) is 0.855. The molecule has 0 radical (unpaired) electrons. The van der Waals surface area contributed by atoms with E-state index in [1.807, 2.05) is 24.3 Å². The Bertz CT molecular complexity index is 464. The fourth-order valence-corrected chi connectivity index (χ4v) is 1.89. The molecule has 0 saturated heterocycles. The van der Waals surface area contributed by atoms with E-state index in [9.17, 15) is 0 Å². The summed E-state index contributed by atoms with van der Waals surface area (Å²) in [6, 6.07) is 7.86. The van der Waals surface area contributed by atoms with Gasteiger partial charge in [0.05, 0.1) is 13.7 Å². The normalized spacial score (nSPS) is 10.4. The van der Waals surface area contributed by atoms with Crippen LogP contribution >= 0.6 is 38.5 Å². The van der Waals surface area contributed by atoms with E-state index in [1.54, 1.807) is 11.9 Å². The minimum atomic E-state index is 0.658. The van der Waals surface area contributed by atoms with Gasteiger partial charge in [0.1, 0.15) is 5.75 Å². The van der Waals surface area contributed by atoms with Crippen molar-refractivity contribution >= 4 is 38.5 Å². The molecule has 0 fully saturated rings. The number of rotatable bonds is 3. The average Bonchev–Trinajstić information content (AvgIpc) is 2.59. The molecule has 1 aromatic carbocycles. The van der Waals surface area contributed by atoms with Gasteiger partial charge in [-0.2, -0.15) is 4.80 Å².